The van der Waals surface area contributed by atoms with Crippen LogP contribution in [0.1, 0.15) is 16.7 Å². The second kappa shape index (κ2) is 6.56. The molecule has 1 aromatic rings. The predicted molar refractivity (Wildman–Crippen MR) is 58.8 cm³/mol. The molecule has 1 rings (SSSR count). The van der Waals surface area contributed by atoms with Crippen molar-refractivity contribution in [1.82, 2.24) is 0 Å². The van der Waals surface area contributed by atoms with Gasteiger partial charge in [-0.3, -0.25) is 0 Å². The van der Waals surface area contributed by atoms with Crippen molar-refractivity contribution in [1.29, 1.82) is 0 Å². The van der Waals surface area contributed by atoms with Gasteiger partial charge in [-0.2, -0.15) is 0 Å². The Kier molecular flexibility index (Phi) is 5.32. The molecule has 0 fully saturated rings. The molecule has 1 aromatic carbocycles. The Bertz CT molecular complexity index is 273. The molecule has 3 heteroatoms. The van der Waals surface area contributed by atoms with E-state index in [1.807, 2.05) is 18.2 Å². The van der Waals surface area contributed by atoms with Gasteiger partial charge in [0.15, 0.2) is 0 Å². The van der Waals surface area contributed by atoms with Crippen LogP contribution in [-0.2, 0) is 19.3 Å². The van der Waals surface area contributed by atoms with Crippen LogP contribution in [-0.4, -0.2) is 35.1 Å². The lowest BCUT2D eigenvalue weighted by Gasteiger charge is -2.12. The molecule has 0 amide bonds. The van der Waals surface area contributed by atoms with Crippen LogP contribution < -0.4 is 0 Å². The second-order valence-corrected chi connectivity index (χ2v) is 3.48. The van der Waals surface area contributed by atoms with Crippen LogP contribution in [0.4, 0.5) is 0 Å². The van der Waals surface area contributed by atoms with Crippen molar-refractivity contribution in [3.8, 4) is 0 Å². The highest BCUT2D eigenvalue weighted by Crippen LogP contribution is 2.17. The van der Waals surface area contributed by atoms with Gasteiger partial charge in [0.05, 0.1) is 0 Å². The Morgan fingerprint density at radius 2 is 1.20 bits per heavy atom. The molecule has 0 heterocycles. The van der Waals surface area contributed by atoms with Crippen LogP contribution in [0.5, 0.6) is 0 Å². The van der Waals surface area contributed by atoms with Crippen LogP contribution in [0, 0.1) is 0 Å². The summed E-state index contributed by atoms with van der Waals surface area (Å²) in [5, 5.41) is 26.8. The Balaban J connectivity index is 2.97. The van der Waals surface area contributed by atoms with Crippen molar-refractivity contribution < 1.29 is 15.3 Å². The molecule has 84 valence electrons. The molecule has 0 saturated carbocycles. The smallest absolute Gasteiger partial charge is 0.0471 e. The van der Waals surface area contributed by atoms with Gasteiger partial charge in [-0.15, -0.1) is 0 Å². The Labute approximate surface area is 90.0 Å². The van der Waals surface area contributed by atoms with Gasteiger partial charge in [0.1, 0.15) is 0 Å². The van der Waals surface area contributed by atoms with Crippen molar-refractivity contribution in [3.63, 3.8) is 0 Å². The molecule has 0 atom stereocenters. The summed E-state index contributed by atoms with van der Waals surface area (Å²) in [6.07, 6.45) is 1.80. The molecule has 0 unspecified atom stereocenters. The third-order valence-electron chi connectivity index (χ3n) is 2.49. The quantitative estimate of drug-likeness (QED) is 0.632. The van der Waals surface area contributed by atoms with Gasteiger partial charge in [-0.05, 0) is 36.0 Å². The minimum atomic E-state index is 0.0981. The maximum atomic E-state index is 8.98. The van der Waals surface area contributed by atoms with E-state index in [0.717, 1.165) is 16.7 Å². The molecular weight excluding hydrogens is 192 g/mol. The fourth-order valence-electron chi connectivity index (χ4n) is 1.83. The summed E-state index contributed by atoms with van der Waals surface area (Å²) in [6.45, 7) is 0.322. The van der Waals surface area contributed by atoms with Gasteiger partial charge in [-0.25, -0.2) is 0 Å². The zero-order valence-electron chi connectivity index (χ0n) is 8.82. The number of aliphatic hydroxyl groups is 3. The monoisotopic (exact) mass is 210 g/mol. The molecule has 0 spiro atoms. The molecule has 0 saturated heterocycles. The van der Waals surface area contributed by atoms with E-state index in [1.165, 1.54) is 0 Å². The van der Waals surface area contributed by atoms with Crippen LogP contribution in [0.2, 0.25) is 0 Å². The first-order chi connectivity index (χ1) is 7.33. The summed E-state index contributed by atoms with van der Waals surface area (Å²) in [4.78, 5) is 0. The van der Waals surface area contributed by atoms with E-state index in [0.29, 0.717) is 19.3 Å². The van der Waals surface area contributed by atoms with Gasteiger partial charge >= 0.3 is 0 Å². The van der Waals surface area contributed by atoms with Crippen LogP contribution >= 0.6 is 0 Å². The van der Waals surface area contributed by atoms with Gasteiger partial charge in [0.25, 0.3) is 0 Å². The van der Waals surface area contributed by atoms with Gasteiger partial charge in [0, 0.05) is 19.8 Å². The second-order valence-electron chi connectivity index (χ2n) is 3.48. The van der Waals surface area contributed by atoms with Crippen molar-refractivity contribution >= 4 is 0 Å². The summed E-state index contributed by atoms with van der Waals surface area (Å²) in [5.41, 5.74) is 3.21. The minimum Gasteiger partial charge on any atom is -0.396 e. The third kappa shape index (κ3) is 3.30. The first-order valence-electron chi connectivity index (χ1n) is 5.25. The van der Waals surface area contributed by atoms with Crippen LogP contribution in [0.25, 0.3) is 0 Å². The van der Waals surface area contributed by atoms with E-state index in [9.17, 15) is 0 Å². The molecule has 0 aliphatic heterocycles. The lowest BCUT2D eigenvalue weighted by atomic mass is 9.95. The zero-order chi connectivity index (χ0) is 11.1. The third-order valence-corrected chi connectivity index (χ3v) is 2.49. The largest absolute Gasteiger partial charge is 0.396 e. The molecule has 0 aliphatic rings. The summed E-state index contributed by atoms with van der Waals surface area (Å²) < 4.78 is 0. The SMILES string of the molecule is OCCc1cccc(CCO)c1CCO. The fourth-order valence-corrected chi connectivity index (χ4v) is 1.83. The Hall–Kier alpha value is -0.900. The lowest BCUT2D eigenvalue weighted by molar-refractivity contribution is 0.289. The van der Waals surface area contributed by atoms with Gasteiger partial charge in [-0.1, -0.05) is 18.2 Å². The summed E-state index contributed by atoms with van der Waals surface area (Å²) in [7, 11) is 0. The average Bonchev–Trinajstić information content (AvgIpc) is 2.23. The lowest BCUT2D eigenvalue weighted by Crippen LogP contribution is -2.06. The van der Waals surface area contributed by atoms with E-state index in [4.69, 9.17) is 15.3 Å². The van der Waals surface area contributed by atoms with Crippen LogP contribution in [0.3, 0.4) is 0 Å². The summed E-state index contributed by atoms with van der Waals surface area (Å²) >= 11 is 0. The molecule has 0 bridgehead atoms. The van der Waals surface area contributed by atoms with Crippen molar-refractivity contribution in [2.24, 2.45) is 0 Å². The van der Waals surface area contributed by atoms with Crippen LogP contribution in [0.15, 0.2) is 18.2 Å². The standard InChI is InChI=1S/C12H18O3/c13-7-4-10-2-1-3-11(5-8-14)12(10)6-9-15/h1-3,13-15H,4-9H2. The predicted octanol–water partition coefficient (Wildman–Crippen LogP) is 0.291. The number of rotatable bonds is 6. The van der Waals surface area contributed by atoms with E-state index in [-0.39, 0.29) is 19.8 Å². The highest BCUT2D eigenvalue weighted by molar-refractivity contribution is 5.36. The summed E-state index contributed by atoms with van der Waals surface area (Å²) in [6, 6.07) is 5.85. The maximum Gasteiger partial charge on any atom is 0.0471 e. The molecular formula is C12H18O3. The Morgan fingerprint density at radius 1 is 0.733 bits per heavy atom. The van der Waals surface area contributed by atoms with E-state index < -0.39 is 0 Å². The minimum absolute atomic E-state index is 0.0981. The maximum absolute atomic E-state index is 8.98. The molecule has 3 nitrogen and oxygen atoms in total. The van der Waals surface area contributed by atoms with E-state index in [1.54, 1.807) is 0 Å². The molecule has 3 N–H and O–H groups in total. The van der Waals surface area contributed by atoms with E-state index in [2.05, 4.69) is 0 Å². The molecule has 0 aromatic heterocycles. The Morgan fingerprint density at radius 3 is 1.60 bits per heavy atom. The van der Waals surface area contributed by atoms with Gasteiger partial charge in [0.2, 0.25) is 0 Å². The van der Waals surface area contributed by atoms with Crippen molar-refractivity contribution in [2.75, 3.05) is 19.8 Å². The zero-order valence-corrected chi connectivity index (χ0v) is 8.82. The number of aliphatic hydroxyl groups excluding tert-OH is 3. The fraction of sp³-hybridized carbons (Fsp3) is 0.500. The van der Waals surface area contributed by atoms with Crippen molar-refractivity contribution in [3.05, 3.63) is 34.9 Å². The van der Waals surface area contributed by atoms with E-state index >= 15 is 0 Å². The molecule has 15 heavy (non-hydrogen) atoms. The molecule has 0 aliphatic carbocycles. The van der Waals surface area contributed by atoms with Gasteiger partial charge < -0.3 is 15.3 Å². The van der Waals surface area contributed by atoms with Crippen molar-refractivity contribution in [2.45, 2.75) is 19.3 Å². The number of hydrogen-bond acceptors (Lipinski definition) is 3. The highest BCUT2D eigenvalue weighted by atomic mass is 16.3. The normalized spacial score (nSPS) is 10.6. The molecule has 0 radical (unpaired) electrons. The highest BCUT2D eigenvalue weighted by Gasteiger charge is 2.06. The topological polar surface area (TPSA) is 60.7 Å². The number of hydrogen-bond donors (Lipinski definition) is 3. The first-order valence-corrected chi connectivity index (χ1v) is 5.25. The number of benzene rings is 1. The average molecular weight is 210 g/mol. The first kappa shape index (κ1) is 12.2. The summed E-state index contributed by atoms with van der Waals surface area (Å²) in [5.74, 6) is 0.